The summed E-state index contributed by atoms with van der Waals surface area (Å²) < 4.78 is 5.39. The molecule has 9 heteroatoms. The fourth-order valence-electron chi connectivity index (χ4n) is 5.79. The number of nitrogens with zero attached hydrogens (tertiary/aromatic N) is 2. The van der Waals surface area contributed by atoms with Gasteiger partial charge in [0.15, 0.2) is 0 Å². The Morgan fingerprint density at radius 3 is 2.75 bits per heavy atom. The van der Waals surface area contributed by atoms with Crippen LogP contribution in [0.25, 0.3) is 10.9 Å². The van der Waals surface area contributed by atoms with Crippen molar-refractivity contribution in [1.82, 2.24) is 15.4 Å². The van der Waals surface area contributed by atoms with Gasteiger partial charge in [-0.2, -0.15) is 11.8 Å². The highest BCUT2D eigenvalue weighted by atomic mass is 32.2. The maximum absolute atomic E-state index is 12.8. The average molecular weight is 517 g/mol. The number of aliphatic hydroxyl groups is 1. The number of carbonyl (C=O) groups excluding carboxylic acids is 1. The number of nitrogens with one attached hydrogen (secondary N) is 1. The predicted molar refractivity (Wildman–Crippen MR) is 143 cm³/mol. The largest absolute Gasteiger partial charge is 0.497 e. The lowest BCUT2D eigenvalue weighted by atomic mass is 9.73. The Morgan fingerprint density at radius 1 is 1.33 bits per heavy atom. The van der Waals surface area contributed by atoms with E-state index in [4.69, 9.17) is 10.5 Å². The molecule has 198 valence electrons. The minimum atomic E-state index is -0.814. The number of amides is 1. The number of piperidine rings is 1. The number of carbonyl (C=O) groups is 1. The van der Waals surface area contributed by atoms with Gasteiger partial charge in [0.25, 0.3) is 0 Å². The van der Waals surface area contributed by atoms with Crippen molar-refractivity contribution < 1.29 is 19.8 Å². The quantitative estimate of drug-likeness (QED) is 0.263. The molecule has 1 aliphatic heterocycles. The van der Waals surface area contributed by atoms with Gasteiger partial charge < -0.3 is 20.5 Å². The normalized spacial score (nSPS) is 19.4. The van der Waals surface area contributed by atoms with E-state index in [1.54, 1.807) is 13.3 Å². The molecule has 36 heavy (non-hydrogen) atoms. The van der Waals surface area contributed by atoms with Crippen molar-refractivity contribution in [3.63, 3.8) is 0 Å². The van der Waals surface area contributed by atoms with Gasteiger partial charge in [0.1, 0.15) is 5.75 Å². The van der Waals surface area contributed by atoms with E-state index in [9.17, 15) is 15.1 Å². The number of pyridine rings is 1. The number of benzene rings is 1. The Labute approximate surface area is 217 Å². The summed E-state index contributed by atoms with van der Waals surface area (Å²) in [7, 11) is 1.61. The number of methoxy groups -OCH3 is 1. The first-order valence-corrected chi connectivity index (χ1v) is 14.2. The number of nitrogens with two attached hydrogens (primary N) is 1. The number of fused-ring (bicyclic) bond motifs is 1. The number of aromatic nitrogens is 1. The standard InChI is InChI=1S/C27H40N4O4S/c1-35-20-6-7-23-22(16-20)25(19(17-28)18-29-23)24(32)8-9-27(26(33)30-34)10-12-31(13-11-27)14-15-36-21-4-2-3-5-21/h6-7,16,18,21,24,32,34H,2-5,8-15,17,28H2,1H3,(H,30,33). The molecule has 0 bridgehead atoms. The number of ether oxygens (including phenoxy) is 1. The number of hydrogen-bond donors (Lipinski definition) is 4. The van der Waals surface area contributed by atoms with Crippen LogP contribution in [0.5, 0.6) is 5.75 Å². The van der Waals surface area contributed by atoms with Crippen LogP contribution in [0.2, 0.25) is 0 Å². The Hall–Kier alpha value is -1.91. The topological polar surface area (TPSA) is 121 Å². The van der Waals surface area contributed by atoms with Gasteiger partial charge in [-0.05, 0) is 80.9 Å². The lowest BCUT2D eigenvalue weighted by Crippen LogP contribution is -2.48. The van der Waals surface area contributed by atoms with E-state index in [2.05, 4.69) is 21.6 Å². The SMILES string of the molecule is COc1ccc2ncc(CN)c(C(O)CCC3(C(=O)NO)CCN(CCSC4CCCC4)CC3)c2c1. The van der Waals surface area contributed by atoms with Gasteiger partial charge in [0, 0.05) is 35.7 Å². The third kappa shape index (κ3) is 6.14. The van der Waals surface area contributed by atoms with Crippen LogP contribution >= 0.6 is 11.8 Å². The van der Waals surface area contributed by atoms with Crippen molar-refractivity contribution >= 4 is 28.6 Å². The molecule has 1 aliphatic carbocycles. The lowest BCUT2D eigenvalue weighted by molar-refractivity contribution is -0.143. The molecule has 1 unspecified atom stereocenters. The van der Waals surface area contributed by atoms with Crippen LogP contribution in [-0.4, -0.2) is 63.9 Å². The van der Waals surface area contributed by atoms with Crippen molar-refractivity contribution in [3.8, 4) is 5.75 Å². The second kappa shape index (κ2) is 12.6. The highest BCUT2D eigenvalue weighted by molar-refractivity contribution is 7.99. The van der Waals surface area contributed by atoms with Crippen molar-refractivity contribution in [1.29, 1.82) is 0 Å². The van der Waals surface area contributed by atoms with E-state index in [0.717, 1.165) is 52.7 Å². The number of likely N-dealkylation sites (tertiary alicyclic amines) is 1. The molecule has 0 spiro atoms. The second-order valence-electron chi connectivity index (χ2n) is 10.2. The molecule has 2 aromatic rings. The first-order chi connectivity index (χ1) is 17.5. The summed E-state index contributed by atoms with van der Waals surface area (Å²) >= 11 is 2.09. The summed E-state index contributed by atoms with van der Waals surface area (Å²) in [4.78, 5) is 19.7. The van der Waals surface area contributed by atoms with Gasteiger partial charge in [-0.25, -0.2) is 5.48 Å². The van der Waals surface area contributed by atoms with Crippen LogP contribution in [0.4, 0.5) is 0 Å². The van der Waals surface area contributed by atoms with E-state index < -0.39 is 11.5 Å². The van der Waals surface area contributed by atoms with Gasteiger partial charge in [0.05, 0.1) is 24.1 Å². The Kier molecular flexibility index (Phi) is 9.47. The number of aliphatic hydroxyl groups excluding tert-OH is 1. The fourth-order valence-corrected chi connectivity index (χ4v) is 7.15. The molecular weight excluding hydrogens is 476 g/mol. The average Bonchev–Trinajstić information content (AvgIpc) is 3.44. The molecule has 1 amide bonds. The molecule has 1 saturated carbocycles. The van der Waals surface area contributed by atoms with Gasteiger partial charge in [-0.3, -0.25) is 15.0 Å². The van der Waals surface area contributed by atoms with E-state index in [1.165, 1.54) is 25.7 Å². The first-order valence-electron chi connectivity index (χ1n) is 13.1. The number of thioether (sulfide) groups is 1. The third-order valence-electron chi connectivity index (χ3n) is 8.11. The van der Waals surface area contributed by atoms with Crippen molar-refractivity contribution in [3.05, 3.63) is 35.5 Å². The van der Waals surface area contributed by atoms with E-state index in [-0.39, 0.29) is 12.5 Å². The molecule has 2 heterocycles. The summed E-state index contributed by atoms with van der Waals surface area (Å²) in [6.45, 7) is 2.92. The van der Waals surface area contributed by atoms with Crippen molar-refractivity contribution in [2.75, 3.05) is 32.5 Å². The molecule has 2 aliphatic rings. The molecule has 1 aromatic heterocycles. The Bertz CT molecular complexity index is 1020. The van der Waals surface area contributed by atoms with Crippen LogP contribution in [-0.2, 0) is 11.3 Å². The summed E-state index contributed by atoms with van der Waals surface area (Å²) in [5.41, 5.74) is 9.48. The number of rotatable bonds is 11. The minimum Gasteiger partial charge on any atom is -0.497 e. The zero-order valence-corrected chi connectivity index (χ0v) is 22.1. The summed E-state index contributed by atoms with van der Waals surface area (Å²) in [5, 5.41) is 22.5. The number of hydrogen-bond acceptors (Lipinski definition) is 8. The lowest BCUT2D eigenvalue weighted by Gasteiger charge is -2.40. The molecular formula is C27H40N4O4S. The first kappa shape index (κ1) is 27.1. The highest BCUT2D eigenvalue weighted by Crippen LogP contribution is 2.40. The predicted octanol–water partition coefficient (Wildman–Crippen LogP) is 3.78. The molecule has 0 radical (unpaired) electrons. The minimum absolute atomic E-state index is 0.253. The number of hydroxylamine groups is 1. The molecule has 1 atom stereocenters. The van der Waals surface area contributed by atoms with Crippen LogP contribution < -0.4 is 16.0 Å². The Balaban J connectivity index is 1.42. The van der Waals surface area contributed by atoms with E-state index in [1.807, 2.05) is 23.7 Å². The molecule has 5 N–H and O–H groups in total. The van der Waals surface area contributed by atoms with Crippen molar-refractivity contribution in [2.24, 2.45) is 11.1 Å². The maximum atomic E-state index is 12.8. The molecule has 1 aromatic carbocycles. The Morgan fingerprint density at radius 2 is 2.08 bits per heavy atom. The summed E-state index contributed by atoms with van der Waals surface area (Å²) in [6, 6.07) is 5.58. The molecule has 1 saturated heterocycles. The van der Waals surface area contributed by atoms with Crippen LogP contribution in [0, 0.1) is 5.41 Å². The maximum Gasteiger partial charge on any atom is 0.249 e. The van der Waals surface area contributed by atoms with E-state index >= 15 is 0 Å². The second-order valence-corrected chi connectivity index (χ2v) is 11.6. The fraction of sp³-hybridized carbons (Fsp3) is 0.630. The zero-order valence-electron chi connectivity index (χ0n) is 21.2. The summed E-state index contributed by atoms with van der Waals surface area (Å²) in [6.07, 6.45) is 8.50. The van der Waals surface area contributed by atoms with Crippen LogP contribution in [0.15, 0.2) is 24.4 Å². The van der Waals surface area contributed by atoms with Gasteiger partial charge in [-0.1, -0.05) is 12.8 Å². The van der Waals surface area contributed by atoms with Crippen LogP contribution in [0.1, 0.15) is 68.6 Å². The highest BCUT2D eigenvalue weighted by Gasteiger charge is 2.41. The molecule has 2 fully saturated rings. The monoisotopic (exact) mass is 516 g/mol. The summed E-state index contributed by atoms with van der Waals surface area (Å²) in [5.74, 6) is 1.46. The van der Waals surface area contributed by atoms with Gasteiger partial charge in [-0.15, -0.1) is 0 Å². The van der Waals surface area contributed by atoms with Crippen LogP contribution in [0.3, 0.4) is 0 Å². The van der Waals surface area contributed by atoms with Gasteiger partial charge >= 0.3 is 0 Å². The van der Waals surface area contributed by atoms with Crippen molar-refractivity contribution in [2.45, 2.75) is 69.3 Å². The molecule has 4 rings (SSSR count). The zero-order chi connectivity index (χ0) is 25.5. The van der Waals surface area contributed by atoms with E-state index in [0.29, 0.717) is 31.4 Å². The molecule has 8 nitrogen and oxygen atoms in total. The van der Waals surface area contributed by atoms with Gasteiger partial charge in [0.2, 0.25) is 5.91 Å². The smallest absolute Gasteiger partial charge is 0.249 e. The third-order valence-corrected chi connectivity index (χ3v) is 9.47.